The van der Waals surface area contributed by atoms with Crippen LogP contribution in [0.4, 0.5) is 0 Å². The van der Waals surface area contributed by atoms with Gasteiger partial charge in [0, 0.05) is 6.54 Å². The predicted molar refractivity (Wildman–Crippen MR) is 55.4 cm³/mol. The van der Waals surface area contributed by atoms with Crippen LogP contribution in [0.2, 0.25) is 0 Å². The van der Waals surface area contributed by atoms with Gasteiger partial charge in [-0.3, -0.25) is 4.79 Å². The van der Waals surface area contributed by atoms with Crippen LogP contribution in [-0.2, 0) is 21.5 Å². The first-order chi connectivity index (χ1) is 7.04. The fourth-order valence-corrected chi connectivity index (χ4v) is 1.38. The van der Waals surface area contributed by atoms with E-state index in [2.05, 4.69) is 10.1 Å². The lowest BCUT2D eigenvalue weighted by Gasteiger charge is -2.21. The van der Waals surface area contributed by atoms with E-state index in [1.807, 2.05) is 6.92 Å². The minimum atomic E-state index is -0.748. The van der Waals surface area contributed by atoms with Crippen molar-refractivity contribution in [3.05, 3.63) is 12.2 Å². The molecule has 84 valence electrons. The van der Waals surface area contributed by atoms with Crippen LogP contribution in [0.1, 0.15) is 33.5 Å². The standard InChI is InChI=1S/C10H17N3O2/c1-5-13-8(11-7-12-13)10(3,4)9(14)15-6-2/h7H,5-6H2,1-4H3. The molecule has 1 heterocycles. The van der Waals surface area contributed by atoms with Crippen LogP contribution in [0.5, 0.6) is 0 Å². The number of esters is 1. The van der Waals surface area contributed by atoms with Crippen molar-refractivity contribution >= 4 is 5.97 Å². The maximum Gasteiger partial charge on any atom is 0.319 e. The average Bonchev–Trinajstić information content (AvgIpc) is 2.66. The highest BCUT2D eigenvalue weighted by atomic mass is 16.5. The second kappa shape index (κ2) is 4.42. The number of ether oxygens (including phenoxy) is 1. The molecular weight excluding hydrogens is 194 g/mol. The number of hydrogen-bond donors (Lipinski definition) is 0. The van der Waals surface area contributed by atoms with Crippen LogP contribution in [0, 0.1) is 0 Å². The van der Waals surface area contributed by atoms with E-state index >= 15 is 0 Å². The Hall–Kier alpha value is -1.39. The van der Waals surface area contributed by atoms with E-state index in [0.717, 1.165) is 0 Å². The van der Waals surface area contributed by atoms with Gasteiger partial charge in [0.15, 0.2) is 0 Å². The maximum absolute atomic E-state index is 11.7. The van der Waals surface area contributed by atoms with E-state index in [0.29, 0.717) is 19.0 Å². The fourth-order valence-electron chi connectivity index (χ4n) is 1.38. The van der Waals surface area contributed by atoms with Gasteiger partial charge >= 0.3 is 5.97 Å². The topological polar surface area (TPSA) is 57.0 Å². The first-order valence-corrected chi connectivity index (χ1v) is 5.09. The Bertz CT molecular complexity index is 344. The largest absolute Gasteiger partial charge is 0.465 e. The molecule has 0 aliphatic carbocycles. The summed E-state index contributed by atoms with van der Waals surface area (Å²) in [5.41, 5.74) is -0.748. The molecular formula is C10H17N3O2. The van der Waals surface area contributed by atoms with Crippen LogP contribution in [0.25, 0.3) is 0 Å². The molecule has 15 heavy (non-hydrogen) atoms. The average molecular weight is 211 g/mol. The van der Waals surface area contributed by atoms with Crippen molar-refractivity contribution in [3.8, 4) is 0 Å². The van der Waals surface area contributed by atoms with Gasteiger partial charge in [0.25, 0.3) is 0 Å². The first kappa shape index (κ1) is 11.7. The zero-order valence-corrected chi connectivity index (χ0v) is 9.65. The van der Waals surface area contributed by atoms with Crippen LogP contribution in [-0.4, -0.2) is 27.3 Å². The van der Waals surface area contributed by atoms with Gasteiger partial charge in [0.2, 0.25) is 0 Å². The van der Waals surface area contributed by atoms with Crippen molar-refractivity contribution in [2.75, 3.05) is 6.61 Å². The highest BCUT2D eigenvalue weighted by Crippen LogP contribution is 2.22. The van der Waals surface area contributed by atoms with E-state index in [1.165, 1.54) is 6.33 Å². The molecule has 0 atom stereocenters. The van der Waals surface area contributed by atoms with E-state index in [-0.39, 0.29) is 5.97 Å². The van der Waals surface area contributed by atoms with Crippen molar-refractivity contribution in [2.24, 2.45) is 0 Å². The summed E-state index contributed by atoms with van der Waals surface area (Å²) in [6.45, 7) is 8.40. The van der Waals surface area contributed by atoms with Crippen molar-refractivity contribution < 1.29 is 9.53 Å². The van der Waals surface area contributed by atoms with Gasteiger partial charge in [-0.1, -0.05) is 0 Å². The summed E-state index contributed by atoms with van der Waals surface area (Å²) >= 11 is 0. The number of aromatic nitrogens is 3. The minimum Gasteiger partial charge on any atom is -0.465 e. The quantitative estimate of drug-likeness (QED) is 0.701. The molecule has 0 bridgehead atoms. The summed E-state index contributed by atoms with van der Waals surface area (Å²) in [5.74, 6) is 0.371. The summed E-state index contributed by atoms with van der Waals surface area (Å²) in [7, 11) is 0. The number of hydrogen-bond acceptors (Lipinski definition) is 4. The molecule has 0 aliphatic heterocycles. The molecule has 5 nitrogen and oxygen atoms in total. The molecule has 0 radical (unpaired) electrons. The molecule has 0 N–H and O–H groups in total. The Morgan fingerprint density at radius 3 is 2.73 bits per heavy atom. The smallest absolute Gasteiger partial charge is 0.319 e. The minimum absolute atomic E-state index is 0.271. The van der Waals surface area contributed by atoms with Gasteiger partial charge in [0.05, 0.1) is 6.61 Å². The Morgan fingerprint density at radius 2 is 2.20 bits per heavy atom. The Morgan fingerprint density at radius 1 is 1.53 bits per heavy atom. The summed E-state index contributed by atoms with van der Waals surface area (Å²) in [4.78, 5) is 15.8. The molecule has 0 saturated heterocycles. The molecule has 0 aliphatic rings. The second-order valence-electron chi connectivity index (χ2n) is 3.74. The summed E-state index contributed by atoms with van der Waals surface area (Å²) < 4.78 is 6.72. The van der Waals surface area contributed by atoms with Crippen LogP contribution in [0.15, 0.2) is 6.33 Å². The van der Waals surface area contributed by atoms with Crippen molar-refractivity contribution in [1.82, 2.24) is 14.8 Å². The number of aryl methyl sites for hydroxylation is 1. The van der Waals surface area contributed by atoms with Crippen molar-refractivity contribution in [2.45, 2.75) is 39.7 Å². The molecule has 0 fully saturated rings. The van der Waals surface area contributed by atoms with E-state index in [1.54, 1.807) is 25.5 Å². The highest BCUT2D eigenvalue weighted by molar-refractivity contribution is 5.81. The Balaban J connectivity index is 2.99. The van der Waals surface area contributed by atoms with Gasteiger partial charge < -0.3 is 4.74 Å². The third-order valence-electron chi connectivity index (χ3n) is 2.26. The van der Waals surface area contributed by atoms with Crippen molar-refractivity contribution in [3.63, 3.8) is 0 Å². The lowest BCUT2D eigenvalue weighted by atomic mass is 9.92. The normalized spacial score (nSPS) is 11.5. The zero-order chi connectivity index (χ0) is 11.5. The fraction of sp³-hybridized carbons (Fsp3) is 0.700. The summed E-state index contributed by atoms with van der Waals surface area (Å²) in [5, 5.41) is 4.04. The van der Waals surface area contributed by atoms with Crippen LogP contribution >= 0.6 is 0 Å². The molecule has 0 aromatic carbocycles. The van der Waals surface area contributed by atoms with Gasteiger partial charge in [-0.25, -0.2) is 9.67 Å². The number of rotatable bonds is 4. The second-order valence-corrected chi connectivity index (χ2v) is 3.74. The molecule has 1 aromatic heterocycles. The third kappa shape index (κ3) is 2.16. The molecule has 1 aromatic rings. The number of nitrogens with zero attached hydrogens (tertiary/aromatic N) is 3. The van der Waals surface area contributed by atoms with Gasteiger partial charge in [0.1, 0.15) is 17.6 Å². The first-order valence-electron chi connectivity index (χ1n) is 5.09. The number of carbonyl (C=O) groups is 1. The molecule has 5 heteroatoms. The lowest BCUT2D eigenvalue weighted by molar-refractivity contribution is -0.149. The SMILES string of the molecule is CCOC(=O)C(C)(C)c1ncnn1CC. The van der Waals surface area contributed by atoms with E-state index in [9.17, 15) is 4.79 Å². The third-order valence-corrected chi connectivity index (χ3v) is 2.26. The van der Waals surface area contributed by atoms with Gasteiger partial charge in [-0.2, -0.15) is 5.10 Å². The van der Waals surface area contributed by atoms with E-state index < -0.39 is 5.41 Å². The van der Waals surface area contributed by atoms with Crippen LogP contribution in [0.3, 0.4) is 0 Å². The maximum atomic E-state index is 11.7. The van der Waals surface area contributed by atoms with Gasteiger partial charge in [-0.15, -0.1) is 0 Å². The Labute approximate surface area is 89.5 Å². The highest BCUT2D eigenvalue weighted by Gasteiger charge is 2.35. The van der Waals surface area contributed by atoms with Crippen LogP contribution < -0.4 is 0 Å². The predicted octanol–water partition coefficient (Wildman–Crippen LogP) is 1.14. The van der Waals surface area contributed by atoms with Crippen molar-refractivity contribution in [1.29, 1.82) is 0 Å². The van der Waals surface area contributed by atoms with Gasteiger partial charge in [-0.05, 0) is 27.7 Å². The molecule has 0 unspecified atom stereocenters. The zero-order valence-electron chi connectivity index (χ0n) is 9.65. The molecule has 0 saturated carbocycles. The van der Waals surface area contributed by atoms with E-state index in [4.69, 9.17) is 4.74 Å². The Kier molecular flexibility index (Phi) is 3.44. The lowest BCUT2D eigenvalue weighted by Crippen LogP contribution is -2.34. The monoisotopic (exact) mass is 211 g/mol. The molecule has 0 amide bonds. The molecule has 1 rings (SSSR count). The molecule has 0 spiro atoms. The number of carbonyl (C=O) groups excluding carboxylic acids is 1. The summed E-state index contributed by atoms with van der Waals surface area (Å²) in [6, 6.07) is 0. The summed E-state index contributed by atoms with van der Waals surface area (Å²) in [6.07, 6.45) is 1.46.